The summed E-state index contributed by atoms with van der Waals surface area (Å²) in [5.74, 6) is -2.16. The molecule has 0 aliphatic rings. The van der Waals surface area contributed by atoms with Gasteiger partial charge < -0.3 is 14.6 Å². The number of H-pyrrole nitrogens is 1. The minimum absolute atomic E-state index is 0.102. The first-order valence-corrected chi connectivity index (χ1v) is 4.39. The van der Waals surface area contributed by atoms with E-state index in [4.69, 9.17) is 0 Å². The van der Waals surface area contributed by atoms with Gasteiger partial charge in [-0.2, -0.15) is 0 Å². The standard InChI is InChI=1S/C9H6N2O6/c12-6-2-1-4(3-5(6)11(15)16)7-8(13)10-9(14)17-7/h1-3,12-13H,(H,10,14). The predicted molar refractivity (Wildman–Crippen MR) is 54.7 cm³/mol. The number of nitrogens with zero attached hydrogens (tertiary/aromatic N) is 1. The molecule has 0 radical (unpaired) electrons. The average molecular weight is 238 g/mol. The van der Waals surface area contributed by atoms with E-state index in [1.807, 2.05) is 4.98 Å². The van der Waals surface area contributed by atoms with Gasteiger partial charge in [-0.05, 0) is 12.1 Å². The quantitative estimate of drug-likeness (QED) is 0.527. The first-order chi connectivity index (χ1) is 7.99. The molecule has 88 valence electrons. The van der Waals surface area contributed by atoms with Gasteiger partial charge in [0.15, 0.2) is 11.5 Å². The van der Waals surface area contributed by atoms with Gasteiger partial charge in [-0.15, -0.1) is 0 Å². The van der Waals surface area contributed by atoms with Crippen molar-refractivity contribution in [1.82, 2.24) is 4.98 Å². The van der Waals surface area contributed by atoms with Crippen LogP contribution in [-0.4, -0.2) is 20.1 Å². The molecular formula is C9H6N2O6. The van der Waals surface area contributed by atoms with E-state index in [1.54, 1.807) is 0 Å². The topological polar surface area (TPSA) is 130 Å². The van der Waals surface area contributed by atoms with Gasteiger partial charge in [0.1, 0.15) is 0 Å². The van der Waals surface area contributed by atoms with E-state index in [1.165, 1.54) is 6.07 Å². The highest BCUT2D eigenvalue weighted by Crippen LogP contribution is 2.33. The smallest absolute Gasteiger partial charge is 0.419 e. The number of rotatable bonds is 2. The van der Waals surface area contributed by atoms with Crippen LogP contribution < -0.4 is 5.76 Å². The average Bonchev–Trinajstić information content (AvgIpc) is 2.58. The second-order valence-electron chi connectivity index (χ2n) is 3.15. The molecule has 0 atom stereocenters. The first-order valence-electron chi connectivity index (χ1n) is 4.39. The molecule has 1 heterocycles. The number of benzene rings is 1. The second-order valence-corrected chi connectivity index (χ2v) is 3.15. The normalized spacial score (nSPS) is 10.4. The third-order valence-electron chi connectivity index (χ3n) is 2.06. The fourth-order valence-electron chi connectivity index (χ4n) is 1.33. The Labute approximate surface area is 92.9 Å². The summed E-state index contributed by atoms with van der Waals surface area (Å²) in [6.07, 6.45) is 0. The lowest BCUT2D eigenvalue weighted by Crippen LogP contribution is -1.93. The summed E-state index contributed by atoms with van der Waals surface area (Å²) in [5.41, 5.74) is -0.448. The van der Waals surface area contributed by atoms with Crippen molar-refractivity contribution in [2.75, 3.05) is 0 Å². The molecule has 2 aromatic rings. The number of nitro groups is 1. The highest BCUT2D eigenvalue weighted by Gasteiger charge is 2.18. The molecule has 0 saturated carbocycles. The van der Waals surface area contributed by atoms with Crippen LogP contribution in [0.25, 0.3) is 11.3 Å². The molecule has 17 heavy (non-hydrogen) atoms. The van der Waals surface area contributed by atoms with Crippen molar-refractivity contribution in [2.24, 2.45) is 0 Å². The van der Waals surface area contributed by atoms with Crippen molar-refractivity contribution in [3.05, 3.63) is 38.9 Å². The number of aromatic hydroxyl groups is 2. The van der Waals surface area contributed by atoms with Crippen LogP contribution in [0.15, 0.2) is 27.4 Å². The Morgan fingerprint density at radius 3 is 2.59 bits per heavy atom. The van der Waals surface area contributed by atoms with Crippen LogP contribution in [0.5, 0.6) is 11.6 Å². The lowest BCUT2D eigenvalue weighted by Gasteiger charge is -1.99. The minimum Gasteiger partial charge on any atom is -0.502 e. The number of phenols is 1. The molecule has 0 bridgehead atoms. The minimum atomic E-state index is -0.881. The molecule has 0 spiro atoms. The van der Waals surface area contributed by atoms with Crippen LogP contribution >= 0.6 is 0 Å². The maximum Gasteiger partial charge on any atom is 0.419 e. The summed E-state index contributed by atoms with van der Waals surface area (Å²) in [5, 5.41) is 29.1. The lowest BCUT2D eigenvalue weighted by atomic mass is 10.1. The molecule has 2 rings (SSSR count). The van der Waals surface area contributed by atoms with Crippen molar-refractivity contribution in [3.8, 4) is 23.0 Å². The zero-order valence-corrected chi connectivity index (χ0v) is 8.21. The Morgan fingerprint density at radius 1 is 1.35 bits per heavy atom. The van der Waals surface area contributed by atoms with Crippen LogP contribution in [0, 0.1) is 10.1 Å². The highest BCUT2D eigenvalue weighted by atomic mass is 16.6. The van der Waals surface area contributed by atoms with Crippen LogP contribution in [0.1, 0.15) is 0 Å². The molecule has 1 aromatic carbocycles. The summed E-state index contributed by atoms with van der Waals surface area (Å²) >= 11 is 0. The summed E-state index contributed by atoms with van der Waals surface area (Å²) < 4.78 is 4.61. The Hall–Kier alpha value is -2.77. The van der Waals surface area contributed by atoms with Gasteiger partial charge in [-0.25, -0.2) is 4.79 Å². The number of nitrogens with one attached hydrogen (secondary N) is 1. The molecule has 0 fully saturated rings. The van der Waals surface area contributed by atoms with E-state index in [9.17, 15) is 25.1 Å². The summed E-state index contributed by atoms with van der Waals surface area (Å²) in [6.45, 7) is 0. The lowest BCUT2D eigenvalue weighted by molar-refractivity contribution is -0.385. The Bertz CT molecular complexity index is 641. The molecule has 3 N–H and O–H groups in total. The van der Waals surface area contributed by atoms with E-state index in [0.717, 1.165) is 12.1 Å². The van der Waals surface area contributed by atoms with E-state index >= 15 is 0 Å². The Balaban J connectivity index is 2.61. The van der Waals surface area contributed by atoms with Crippen LogP contribution in [0.2, 0.25) is 0 Å². The molecule has 8 nitrogen and oxygen atoms in total. The van der Waals surface area contributed by atoms with Gasteiger partial charge in [0.2, 0.25) is 5.88 Å². The van der Waals surface area contributed by atoms with Gasteiger partial charge in [-0.1, -0.05) is 0 Å². The number of nitro benzene ring substituents is 1. The molecular weight excluding hydrogens is 232 g/mol. The maximum atomic E-state index is 10.8. The molecule has 0 saturated heterocycles. The SMILES string of the molecule is O=c1[nH]c(O)c(-c2ccc(O)c([N+](=O)[O-])c2)o1. The molecule has 0 aliphatic carbocycles. The van der Waals surface area contributed by atoms with Crippen molar-refractivity contribution in [2.45, 2.75) is 0 Å². The predicted octanol–water partition coefficient (Wildman–Crippen LogP) is 0.954. The zero-order valence-electron chi connectivity index (χ0n) is 8.21. The Kier molecular flexibility index (Phi) is 2.32. The molecule has 0 unspecified atom stereocenters. The highest BCUT2D eigenvalue weighted by molar-refractivity contribution is 5.67. The largest absolute Gasteiger partial charge is 0.502 e. The number of hydrogen-bond donors (Lipinski definition) is 3. The van der Waals surface area contributed by atoms with Crippen molar-refractivity contribution in [1.29, 1.82) is 0 Å². The summed E-state index contributed by atoms with van der Waals surface area (Å²) in [4.78, 5) is 22.6. The van der Waals surface area contributed by atoms with E-state index in [2.05, 4.69) is 4.42 Å². The number of oxazole rings is 1. The molecule has 0 amide bonds. The van der Waals surface area contributed by atoms with Gasteiger partial charge >= 0.3 is 11.4 Å². The number of phenolic OH excluding ortho intramolecular Hbond substituents is 1. The summed E-state index contributed by atoms with van der Waals surface area (Å²) in [6, 6.07) is 3.33. The van der Waals surface area contributed by atoms with Crippen molar-refractivity contribution >= 4 is 5.69 Å². The van der Waals surface area contributed by atoms with Crippen LogP contribution in [0.4, 0.5) is 5.69 Å². The third-order valence-corrected chi connectivity index (χ3v) is 2.06. The third kappa shape index (κ3) is 1.83. The van der Waals surface area contributed by atoms with Crippen LogP contribution in [-0.2, 0) is 0 Å². The van der Waals surface area contributed by atoms with E-state index in [0.29, 0.717) is 0 Å². The van der Waals surface area contributed by atoms with Gasteiger partial charge in [0.25, 0.3) is 0 Å². The first kappa shape index (κ1) is 10.7. The van der Waals surface area contributed by atoms with Gasteiger partial charge in [0, 0.05) is 11.6 Å². The second kappa shape index (κ2) is 3.67. The van der Waals surface area contributed by atoms with E-state index in [-0.39, 0.29) is 11.3 Å². The fraction of sp³-hybridized carbons (Fsp3) is 0. The summed E-state index contributed by atoms with van der Waals surface area (Å²) in [7, 11) is 0. The monoisotopic (exact) mass is 238 g/mol. The number of hydrogen-bond acceptors (Lipinski definition) is 6. The maximum absolute atomic E-state index is 10.8. The Morgan fingerprint density at radius 2 is 2.06 bits per heavy atom. The fourth-order valence-corrected chi connectivity index (χ4v) is 1.33. The zero-order chi connectivity index (χ0) is 12.6. The van der Waals surface area contributed by atoms with Gasteiger partial charge in [-0.3, -0.25) is 15.1 Å². The molecule has 8 heteroatoms. The number of aromatic amines is 1. The van der Waals surface area contributed by atoms with Crippen molar-refractivity contribution < 1.29 is 19.6 Å². The van der Waals surface area contributed by atoms with Crippen LogP contribution in [0.3, 0.4) is 0 Å². The van der Waals surface area contributed by atoms with Crippen molar-refractivity contribution in [3.63, 3.8) is 0 Å². The van der Waals surface area contributed by atoms with Gasteiger partial charge in [0.05, 0.1) is 4.92 Å². The van der Waals surface area contributed by atoms with E-state index < -0.39 is 28.0 Å². The molecule has 0 aliphatic heterocycles. The number of aromatic nitrogens is 1. The molecule has 1 aromatic heterocycles.